The number of anilines is 1. The Labute approximate surface area is 109 Å². The molecular formula is C15H21N3. The van der Waals surface area contributed by atoms with Crippen molar-refractivity contribution in [2.24, 2.45) is 0 Å². The van der Waals surface area contributed by atoms with Crippen LogP contribution in [-0.4, -0.2) is 44.1 Å². The molecule has 0 bridgehead atoms. The first-order chi connectivity index (χ1) is 8.59. The van der Waals surface area contributed by atoms with E-state index in [1.54, 1.807) is 0 Å². The van der Waals surface area contributed by atoms with Crippen LogP contribution in [0.3, 0.4) is 0 Å². The predicted molar refractivity (Wildman–Crippen MR) is 78.3 cm³/mol. The molecule has 18 heavy (non-hydrogen) atoms. The van der Waals surface area contributed by atoms with Gasteiger partial charge in [-0.05, 0) is 32.6 Å². The van der Waals surface area contributed by atoms with E-state index in [-0.39, 0.29) is 0 Å². The molecule has 2 aromatic rings. The number of hydrogen-bond acceptors (Lipinski definition) is 3. The van der Waals surface area contributed by atoms with Gasteiger partial charge in [0.05, 0.1) is 0 Å². The Morgan fingerprint density at radius 2 is 1.83 bits per heavy atom. The van der Waals surface area contributed by atoms with Crippen LogP contribution in [-0.2, 0) is 0 Å². The molecular weight excluding hydrogens is 222 g/mol. The molecule has 3 nitrogen and oxygen atoms in total. The highest BCUT2D eigenvalue weighted by Crippen LogP contribution is 2.28. The number of aryl methyl sites for hydroxylation is 1. The minimum Gasteiger partial charge on any atom is -0.373 e. The standard InChI is InChI=1S/C15H21N3/c1-12-10-16-11-13-6-5-7-14(15(12)13)18(4)9-8-17(2)3/h5-7,10-11H,8-9H2,1-4H3. The molecule has 0 N–H and O–H groups in total. The van der Waals surface area contributed by atoms with E-state index in [0.717, 1.165) is 13.1 Å². The van der Waals surface area contributed by atoms with E-state index in [0.29, 0.717) is 0 Å². The van der Waals surface area contributed by atoms with Gasteiger partial charge in [-0.15, -0.1) is 0 Å². The lowest BCUT2D eigenvalue weighted by molar-refractivity contribution is 0.416. The summed E-state index contributed by atoms with van der Waals surface area (Å²) in [7, 11) is 6.36. The normalized spacial score (nSPS) is 11.2. The van der Waals surface area contributed by atoms with E-state index in [4.69, 9.17) is 0 Å². The zero-order valence-electron chi connectivity index (χ0n) is 11.6. The van der Waals surface area contributed by atoms with Gasteiger partial charge in [0.25, 0.3) is 0 Å². The minimum atomic E-state index is 1.02. The van der Waals surface area contributed by atoms with E-state index in [9.17, 15) is 0 Å². The largest absolute Gasteiger partial charge is 0.373 e. The van der Waals surface area contributed by atoms with Crippen molar-refractivity contribution in [3.05, 3.63) is 36.2 Å². The van der Waals surface area contributed by atoms with E-state index in [2.05, 4.69) is 61.0 Å². The number of rotatable bonds is 4. The van der Waals surface area contributed by atoms with Crippen LogP contribution < -0.4 is 4.90 Å². The predicted octanol–water partition coefficient (Wildman–Crippen LogP) is 2.54. The average Bonchev–Trinajstić information content (AvgIpc) is 2.35. The summed E-state index contributed by atoms with van der Waals surface area (Å²) >= 11 is 0. The number of pyridine rings is 1. The Morgan fingerprint density at radius 1 is 1.06 bits per heavy atom. The molecule has 96 valence electrons. The van der Waals surface area contributed by atoms with Crippen molar-refractivity contribution in [3.8, 4) is 0 Å². The summed E-state index contributed by atoms with van der Waals surface area (Å²) in [5.74, 6) is 0. The highest BCUT2D eigenvalue weighted by atomic mass is 15.2. The zero-order valence-corrected chi connectivity index (χ0v) is 11.6. The first-order valence-corrected chi connectivity index (χ1v) is 6.29. The van der Waals surface area contributed by atoms with Gasteiger partial charge in [0.15, 0.2) is 0 Å². The molecule has 2 rings (SSSR count). The van der Waals surface area contributed by atoms with Crippen LogP contribution in [0.15, 0.2) is 30.6 Å². The highest BCUT2D eigenvalue weighted by molar-refractivity contribution is 5.96. The Bertz CT molecular complexity index is 529. The second kappa shape index (κ2) is 5.36. The molecule has 0 aliphatic carbocycles. The summed E-state index contributed by atoms with van der Waals surface area (Å²) in [4.78, 5) is 8.78. The van der Waals surface area contributed by atoms with Crippen LogP contribution in [0.2, 0.25) is 0 Å². The van der Waals surface area contributed by atoms with Gasteiger partial charge in [-0.25, -0.2) is 0 Å². The second-order valence-electron chi connectivity index (χ2n) is 5.06. The maximum Gasteiger partial charge on any atom is 0.0447 e. The SMILES string of the molecule is Cc1cncc2cccc(N(C)CCN(C)C)c12. The van der Waals surface area contributed by atoms with Gasteiger partial charge in [-0.2, -0.15) is 0 Å². The van der Waals surface area contributed by atoms with Crippen molar-refractivity contribution < 1.29 is 0 Å². The molecule has 0 radical (unpaired) electrons. The lowest BCUT2D eigenvalue weighted by Crippen LogP contribution is -2.28. The molecule has 0 aliphatic rings. The van der Waals surface area contributed by atoms with Crippen molar-refractivity contribution in [1.82, 2.24) is 9.88 Å². The smallest absolute Gasteiger partial charge is 0.0447 e. The molecule has 1 heterocycles. The Morgan fingerprint density at radius 3 is 2.56 bits per heavy atom. The summed E-state index contributed by atoms with van der Waals surface area (Å²) < 4.78 is 0. The zero-order chi connectivity index (χ0) is 13.1. The van der Waals surface area contributed by atoms with Crippen molar-refractivity contribution in [2.45, 2.75) is 6.92 Å². The second-order valence-corrected chi connectivity index (χ2v) is 5.06. The number of benzene rings is 1. The van der Waals surface area contributed by atoms with Gasteiger partial charge in [0.1, 0.15) is 0 Å². The molecule has 0 aliphatic heterocycles. The van der Waals surface area contributed by atoms with Crippen molar-refractivity contribution in [2.75, 3.05) is 39.1 Å². The summed E-state index contributed by atoms with van der Waals surface area (Å²) in [5, 5.41) is 2.53. The lowest BCUT2D eigenvalue weighted by Gasteiger charge is -2.23. The summed E-state index contributed by atoms with van der Waals surface area (Å²) in [6, 6.07) is 6.41. The summed E-state index contributed by atoms with van der Waals surface area (Å²) in [5.41, 5.74) is 2.52. The van der Waals surface area contributed by atoms with Crippen molar-refractivity contribution in [3.63, 3.8) is 0 Å². The number of hydrogen-bond donors (Lipinski definition) is 0. The first kappa shape index (κ1) is 12.8. The lowest BCUT2D eigenvalue weighted by atomic mass is 10.1. The molecule has 1 aromatic carbocycles. The van der Waals surface area contributed by atoms with E-state index >= 15 is 0 Å². The van der Waals surface area contributed by atoms with Gasteiger partial charge in [0, 0.05) is 49.0 Å². The third kappa shape index (κ3) is 2.62. The molecule has 0 saturated carbocycles. The molecule has 0 fully saturated rings. The van der Waals surface area contributed by atoms with Crippen LogP contribution in [0, 0.1) is 6.92 Å². The maximum atomic E-state index is 4.26. The molecule has 0 saturated heterocycles. The fourth-order valence-electron chi connectivity index (χ4n) is 2.18. The number of fused-ring (bicyclic) bond motifs is 1. The number of likely N-dealkylation sites (N-methyl/N-ethyl adjacent to an activating group) is 2. The van der Waals surface area contributed by atoms with Crippen LogP contribution in [0.5, 0.6) is 0 Å². The molecule has 0 unspecified atom stereocenters. The van der Waals surface area contributed by atoms with Gasteiger partial charge in [0.2, 0.25) is 0 Å². The van der Waals surface area contributed by atoms with Crippen molar-refractivity contribution in [1.29, 1.82) is 0 Å². The number of nitrogens with zero attached hydrogens (tertiary/aromatic N) is 3. The van der Waals surface area contributed by atoms with E-state index < -0.39 is 0 Å². The monoisotopic (exact) mass is 243 g/mol. The third-order valence-corrected chi connectivity index (χ3v) is 3.24. The Hall–Kier alpha value is -1.61. The van der Waals surface area contributed by atoms with Crippen LogP contribution >= 0.6 is 0 Å². The van der Waals surface area contributed by atoms with Crippen LogP contribution in [0.25, 0.3) is 10.8 Å². The molecule has 0 spiro atoms. The maximum absolute atomic E-state index is 4.26. The fraction of sp³-hybridized carbons (Fsp3) is 0.400. The van der Waals surface area contributed by atoms with Crippen LogP contribution in [0.4, 0.5) is 5.69 Å². The van der Waals surface area contributed by atoms with Gasteiger partial charge in [-0.1, -0.05) is 12.1 Å². The van der Waals surface area contributed by atoms with Gasteiger partial charge >= 0.3 is 0 Å². The molecule has 0 amide bonds. The summed E-state index contributed by atoms with van der Waals surface area (Å²) in [6.07, 6.45) is 3.87. The molecule has 3 heteroatoms. The minimum absolute atomic E-state index is 1.02. The third-order valence-electron chi connectivity index (χ3n) is 3.24. The van der Waals surface area contributed by atoms with Gasteiger partial charge < -0.3 is 9.80 Å². The Kier molecular flexibility index (Phi) is 3.82. The fourth-order valence-corrected chi connectivity index (χ4v) is 2.18. The van der Waals surface area contributed by atoms with E-state index in [1.165, 1.54) is 22.0 Å². The molecule has 0 atom stereocenters. The average molecular weight is 243 g/mol. The topological polar surface area (TPSA) is 19.4 Å². The quantitative estimate of drug-likeness (QED) is 0.822. The highest BCUT2D eigenvalue weighted by Gasteiger charge is 2.08. The first-order valence-electron chi connectivity index (χ1n) is 6.29. The van der Waals surface area contributed by atoms with E-state index in [1.807, 2.05) is 12.4 Å². The number of aromatic nitrogens is 1. The van der Waals surface area contributed by atoms with Gasteiger partial charge in [-0.3, -0.25) is 4.98 Å². The van der Waals surface area contributed by atoms with Crippen LogP contribution in [0.1, 0.15) is 5.56 Å². The summed E-state index contributed by atoms with van der Waals surface area (Å²) in [6.45, 7) is 4.20. The Balaban J connectivity index is 2.38. The van der Waals surface area contributed by atoms with Crippen molar-refractivity contribution >= 4 is 16.5 Å². The molecule has 1 aromatic heterocycles.